The number of imide groups is 1. The zero-order valence-corrected chi connectivity index (χ0v) is 18.0. The number of aromatic nitrogens is 4. The molecule has 4 heterocycles. The molecule has 1 aromatic carbocycles. The highest BCUT2D eigenvalue weighted by Crippen LogP contribution is 2.23. The van der Waals surface area contributed by atoms with Crippen LogP contribution in [0.25, 0.3) is 5.82 Å². The fourth-order valence-electron chi connectivity index (χ4n) is 4.19. The van der Waals surface area contributed by atoms with Crippen molar-refractivity contribution >= 4 is 23.5 Å². The fourth-order valence-corrected chi connectivity index (χ4v) is 4.19. The highest BCUT2D eigenvalue weighted by molar-refractivity contribution is 6.21. The van der Waals surface area contributed by atoms with Crippen LogP contribution in [0.2, 0.25) is 0 Å². The number of hydrogen-bond donors (Lipinski definition) is 0. The minimum atomic E-state index is -0.281. The zero-order chi connectivity index (χ0) is 22.8. The average molecular weight is 445 g/mol. The van der Waals surface area contributed by atoms with Crippen molar-refractivity contribution in [2.75, 3.05) is 37.6 Å². The molecule has 2 aliphatic rings. The molecule has 0 radical (unpaired) electrons. The SMILES string of the molecule is O=C(CCCN1C(=O)c2ccccc2C1=O)N1CCN(c2ccc(-n3cccn3)nn2)CC1. The Hall–Kier alpha value is -4.08. The fraction of sp³-hybridized carbons (Fsp3) is 0.304. The van der Waals surface area contributed by atoms with E-state index < -0.39 is 0 Å². The second kappa shape index (κ2) is 8.81. The Balaban J connectivity index is 1.09. The van der Waals surface area contributed by atoms with Crippen LogP contribution in [0.1, 0.15) is 33.6 Å². The van der Waals surface area contributed by atoms with Crippen LogP contribution in [0.15, 0.2) is 54.9 Å². The maximum absolute atomic E-state index is 12.7. The van der Waals surface area contributed by atoms with E-state index in [2.05, 4.69) is 20.2 Å². The maximum atomic E-state index is 12.7. The van der Waals surface area contributed by atoms with E-state index in [0.29, 0.717) is 56.0 Å². The summed E-state index contributed by atoms with van der Waals surface area (Å²) in [6, 6.07) is 12.4. The van der Waals surface area contributed by atoms with Crippen LogP contribution >= 0.6 is 0 Å². The van der Waals surface area contributed by atoms with E-state index >= 15 is 0 Å². The topological polar surface area (TPSA) is 105 Å². The molecule has 10 heteroatoms. The van der Waals surface area contributed by atoms with E-state index in [1.807, 2.05) is 29.3 Å². The summed E-state index contributed by atoms with van der Waals surface area (Å²) >= 11 is 0. The molecule has 0 N–H and O–H groups in total. The number of fused-ring (bicyclic) bond motifs is 1. The number of piperazine rings is 1. The van der Waals surface area contributed by atoms with Gasteiger partial charge in [-0.2, -0.15) is 5.10 Å². The lowest BCUT2D eigenvalue weighted by Crippen LogP contribution is -2.49. The van der Waals surface area contributed by atoms with Crippen molar-refractivity contribution in [3.63, 3.8) is 0 Å². The molecule has 5 rings (SSSR count). The first kappa shape index (κ1) is 20.8. The Morgan fingerprint density at radius 2 is 1.52 bits per heavy atom. The van der Waals surface area contributed by atoms with Gasteiger partial charge in [0.05, 0.1) is 11.1 Å². The van der Waals surface area contributed by atoms with Crippen LogP contribution in [0.3, 0.4) is 0 Å². The van der Waals surface area contributed by atoms with E-state index in [4.69, 9.17) is 0 Å². The van der Waals surface area contributed by atoms with Crippen molar-refractivity contribution in [3.05, 3.63) is 66.0 Å². The molecule has 33 heavy (non-hydrogen) atoms. The number of carbonyl (C=O) groups excluding carboxylic acids is 3. The summed E-state index contributed by atoms with van der Waals surface area (Å²) < 4.78 is 1.65. The van der Waals surface area contributed by atoms with Gasteiger partial charge >= 0.3 is 0 Å². The van der Waals surface area contributed by atoms with Gasteiger partial charge < -0.3 is 9.80 Å². The van der Waals surface area contributed by atoms with Gasteiger partial charge in [-0.05, 0) is 36.8 Å². The van der Waals surface area contributed by atoms with Gasteiger partial charge in [0.2, 0.25) is 5.91 Å². The number of nitrogens with zero attached hydrogens (tertiary/aromatic N) is 7. The molecular weight excluding hydrogens is 422 g/mol. The van der Waals surface area contributed by atoms with Gasteiger partial charge in [-0.3, -0.25) is 19.3 Å². The van der Waals surface area contributed by atoms with Gasteiger partial charge in [-0.15, -0.1) is 10.2 Å². The zero-order valence-electron chi connectivity index (χ0n) is 18.0. The molecule has 3 aromatic rings. The summed E-state index contributed by atoms with van der Waals surface area (Å²) in [5.41, 5.74) is 0.872. The molecule has 0 unspecified atom stereocenters. The van der Waals surface area contributed by atoms with Crippen LogP contribution in [0.4, 0.5) is 5.82 Å². The molecule has 0 saturated carbocycles. The second-order valence-electron chi connectivity index (χ2n) is 7.98. The quantitative estimate of drug-likeness (QED) is 0.528. The van der Waals surface area contributed by atoms with Crippen LogP contribution in [0, 0.1) is 0 Å². The highest BCUT2D eigenvalue weighted by atomic mass is 16.2. The Morgan fingerprint density at radius 3 is 2.12 bits per heavy atom. The molecule has 0 spiro atoms. The van der Waals surface area contributed by atoms with Crippen LogP contribution in [0.5, 0.6) is 0 Å². The molecule has 3 amide bonds. The number of carbonyl (C=O) groups is 3. The Bertz CT molecular complexity index is 1130. The lowest BCUT2D eigenvalue weighted by atomic mass is 10.1. The van der Waals surface area contributed by atoms with Gasteiger partial charge in [0, 0.05) is 51.5 Å². The van der Waals surface area contributed by atoms with Crippen LogP contribution in [-0.2, 0) is 4.79 Å². The summed E-state index contributed by atoms with van der Waals surface area (Å²) in [4.78, 5) is 42.7. The van der Waals surface area contributed by atoms with Crippen molar-refractivity contribution in [1.82, 2.24) is 29.8 Å². The van der Waals surface area contributed by atoms with Gasteiger partial charge in [-0.1, -0.05) is 12.1 Å². The Labute approximate surface area is 190 Å². The number of rotatable bonds is 6. The normalized spacial score (nSPS) is 15.8. The summed E-state index contributed by atoms with van der Waals surface area (Å²) in [6.45, 7) is 2.76. The summed E-state index contributed by atoms with van der Waals surface area (Å²) in [7, 11) is 0. The van der Waals surface area contributed by atoms with E-state index in [-0.39, 0.29) is 24.3 Å². The van der Waals surface area contributed by atoms with Gasteiger partial charge in [0.25, 0.3) is 11.8 Å². The number of anilines is 1. The predicted molar refractivity (Wildman–Crippen MR) is 119 cm³/mol. The third-order valence-corrected chi connectivity index (χ3v) is 5.98. The smallest absolute Gasteiger partial charge is 0.261 e. The molecule has 10 nitrogen and oxygen atoms in total. The van der Waals surface area contributed by atoms with E-state index in [1.54, 1.807) is 35.1 Å². The van der Waals surface area contributed by atoms with E-state index in [1.165, 1.54) is 4.90 Å². The maximum Gasteiger partial charge on any atom is 0.261 e. The van der Waals surface area contributed by atoms with Gasteiger partial charge in [0.1, 0.15) is 0 Å². The minimum absolute atomic E-state index is 0.0337. The largest absolute Gasteiger partial charge is 0.352 e. The van der Waals surface area contributed by atoms with E-state index in [0.717, 1.165) is 5.82 Å². The average Bonchev–Trinajstić information content (AvgIpc) is 3.48. The summed E-state index contributed by atoms with van der Waals surface area (Å²) in [5, 5.41) is 12.7. The summed E-state index contributed by atoms with van der Waals surface area (Å²) in [6.07, 6.45) is 4.24. The highest BCUT2D eigenvalue weighted by Gasteiger charge is 2.34. The first-order valence-electron chi connectivity index (χ1n) is 10.9. The molecule has 168 valence electrons. The third kappa shape index (κ3) is 4.07. The lowest BCUT2D eigenvalue weighted by Gasteiger charge is -2.35. The molecule has 0 bridgehead atoms. The molecule has 0 atom stereocenters. The predicted octanol–water partition coefficient (Wildman–Crippen LogP) is 1.39. The van der Waals surface area contributed by atoms with Crippen molar-refractivity contribution in [1.29, 1.82) is 0 Å². The molecule has 1 saturated heterocycles. The van der Waals surface area contributed by atoms with Crippen LogP contribution < -0.4 is 4.90 Å². The minimum Gasteiger partial charge on any atom is -0.352 e. The van der Waals surface area contributed by atoms with Gasteiger partial charge in [0.15, 0.2) is 11.6 Å². The standard InChI is InChI=1S/C23H23N7O3/c31-21(7-3-11-29-22(32)17-5-1-2-6-18(17)23(29)33)28-15-13-27(14-16-28)19-8-9-20(26-25-19)30-12-4-10-24-30/h1-2,4-6,8-10,12H,3,7,11,13-16H2. The second-order valence-corrected chi connectivity index (χ2v) is 7.98. The van der Waals surface area contributed by atoms with Crippen molar-refractivity contribution in [2.45, 2.75) is 12.8 Å². The van der Waals surface area contributed by atoms with Crippen molar-refractivity contribution < 1.29 is 14.4 Å². The Kier molecular flexibility index (Phi) is 5.55. The van der Waals surface area contributed by atoms with Crippen LogP contribution in [-0.4, -0.2) is 80.2 Å². The number of benzene rings is 1. The first-order chi connectivity index (χ1) is 16.1. The van der Waals surface area contributed by atoms with Crippen molar-refractivity contribution in [3.8, 4) is 5.82 Å². The summed E-state index contributed by atoms with van der Waals surface area (Å²) in [5.74, 6) is 0.887. The number of amides is 3. The molecule has 0 aliphatic carbocycles. The van der Waals surface area contributed by atoms with Crippen molar-refractivity contribution in [2.24, 2.45) is 0 Å². The molecule has 2 aromatic heterocycles. The lowest BCUT2D eigenvalue weighted by molar-refractivity contribution is -0.131. The first-order valence-corrected chi connectivity index (χ1v) is 10.9. The molecular formula is C23H23N7O3. The molecule has 2 aliphatic heterocycles. The third-order valence-electron chi connectivity index (χ3n) is 5.98. The Morgan fingerprint density at radius 1 is 0.848 bits per heavy atom. The van der Waals surface area contributed by atoms with Gasteiger partial charge in [-0.25, -0.2) is 4.68 Å². The monoisotopic (exact) mass is 445 g/mol. The van der Waals surface area contributed by atoms with E-state index in [9.17, 15) is 14.4 Å². The number of hydrogen-bond acceptors (Lipinski definition) is 7. The molecule has 1 fully saturated rings.